The fraction of sp³-hybridized carbons (Fsp3) is 0.227. The topological polar surface area (TPSA) is 42.7 Å². The summed E-state index contributed by atoms with van der Waals surface area (Å²) in [5.41, 5.74) is 1.59. The highest BCUT2D eigenvalue weighted by atomic mass is 79.9. The van der Waals surface area contributed by atoms with Crippen LogP contribution in [0.15, 0.2) is 63.5 Å². The van der Waals surface area contributed by atoms with Crippen molar-refractivity contribution in [2.75, 3.05) is 4.90 Å². The number of aryl methyl sites for hydroxylation is 1. The molecule has 2 aromatic carbocycles. The number of hydrogen-bond donors (Lipinski definition) is 0. The Morgan fingerprint density at radius 2 is 2.07 bits per heavy atom. The van der Waals surface area contributed by atoms with Crippen molar-refractivity contribution in [2.45, 2.75) is 32.4 Å². The molecular weight excluding hydrogens is 425 g/mol. The van der Waals surface area contributed by atoms with Crippen molar-refractivity contribution in [3.05, 3.63) is 82.0 Å². The van der Waals surface area contributed by atoms with Gasteiger partial charge in [0.1, 0.15) is 23.9 Å². The molecule has 0 saturated heterocycles. The molecule has 0 bridgehead atoms. The molecule has 1 aromatic heterocycles. The largest absolute Gasteiger partial charge is 0.484 e. The van der Waals surface area contributed by atoms with E-state index in [1.54, 1.807) is 23.1 Å². The SMILES string of the molecule is C[C@H]1CCc2cc(F)ccc2N1C(=O)c1ccc(COc2ccccc2Br)o1. The molecular formula is C22H19BrFNO3. The van der Waals surface area contributed by atoms with E-state index >= 15 is 0 Å². The first-order valence-corrected chi connectivity index (χ1v) is 9.90. The van der Waals surface area contributed by atoms with Crippen LogP contribution in [0.2, 0.25) is 0 Å². The van der Waals surface area contributed by atoms with Crippen LogP contribution < -0.4 is 9.64 Å². The molecule has 4 rings (SSSR count). The molecule has 0 fully saturated rings. The summed E-state index contributed by atoms with van der Waals surface area (Å²) in [4.78, 5) is 14.8. The zero-order valence-corrected chi connectivity index (χ0v) is 16.9. The number of carbonyl (C=O) groups excluding carboxylic acids is 1. The average Bonchev–Trinajstić information content (AvgIpc) is 3.16. The molecule has 28 heavy (non-hydrogen) atoms. The summed E-state index contributed by atoms with van der Waals surface area (Å²) in [6, 6.07) is 15.5. The first-order chi connectivity index (χ1) is 13.5. The Morgan fingerprint density at radius 1 is 1.25 bits per heavy atom. The summed E-state index contributed by atoms with van der Waals surface area (Å²) in [5.74, 6) is 0.989. The lowest BCUT2D eigenvalue weighted by Crippen LogP contribution is -2.42. The lowest BCUT2D eigenvalue weighted by molar-refractivity contribution is 0.0944. The summed E-state index contributed by atoms with van der Waals surface area (Å²) in [6.45, 7) is 2.21. The van der Waals surface area contributed by atoms with Crippen LogP contribution in [-0.4, -0.2) is 11.9 Å². The molecule has 1 aliphatic heterocycles. The van der Waals surface area contributed by atoms with E-state index in [0.29, 0.717) is 11.5 Å². The van der Waals surface area contributed by atoms with Gasteiger partial charge in [-0.2, -0.15) is 0 Å². The third kappa shape index (κ3) is 3.69. The molecule has 0 unspecified atom stereocenters. The van der Waals surface area contributed by atoms with Gasteiger partial charge in [-0.3, -0.25) is 4.79 Å². The lowest BCUT2D eigenvalue weighted by atomic mass is 9.96. The van der Waals surface area contributed by atoms with E-state index in [0.717, 1.165) is 28.6 Å². The standard InChI is InChI=1S/C22H19BrFNO3/c1-14-6-7-15-12-16(24)8-10-19(15)25(14)22(26)21-11-9-17(28-21)13-27-20-5-3-2-4-18(20)23/h2-5,8-12,14H,6-7,13H2,1H3/t14-/m0/s1. The van der Waals surface area contributed by atoms with Gasteiger partial charge in [0.15, 0.2) is 5.76 Å². The Hall–Kier alpha value is -2.60. The van der Waals surface area contributed by atoms with Crippen LogP contribution in [0.5, 0.6) is 5.75 Å². The van der Waals surface area contributed by atoms with E-state index in [1.807, 2.05) is 31.2 Å². The van der Waals surface area contributed by atoms with Crippen molar-refractivity contribution in [1.82, 2.24) is 0 Å². The van der Waals surface area contributed by atoms with Gasteiger partial charge in [0.05, 0.1) is 4.47 Å². The number of para-hydroxylation sites is 1. The number of fused-ring (bicyclic) bond motifs is 1. The van der Waals surface area contributed by atoms with Crippen LogP contribution in [-0.2, 0) is 13.0 Å². The highest BCUT2D eigenvalue weighted by Crippen LogP contribution is 2.33. The molecule has 1 aliphatic rings. The van der Waals surface area contributed by atoms with Crippen LogP contribution in [0.25, 0.3) is 0 Å². The molecule has 0 saturated carbocycles. The van der Waals surface area contributed by atoms with Gasteiger partial charge in [-0.1, -0.05) is 12.1 Å². The van der Waals surface area contributed by atoms with Crippen LogP contribution in [0.4, 0.5) is 10.1 Å². The predicted octanol–water partition coefficient (Wildman–Crippen LogP) is 5.74. The molecule has 1 atom stereocenters. The van der Waals surface area contributed by atoms with E-state index in [1.165, 1.54) is 12.1 Å². The van der Waals surface area contributed by atoms with Gasteiger partial charge in [-0.15, -0.1) is 0 Å². The van der Waals surface area contributed by atoms with Crippen molar-refractivity contribution >= 4 is 27.5 Å². The van der Waals surface area contributed by atoms with Crippen molar-refractivity contribution < 1.29 is 18.3 Å². The maximum absolute atomic E-state index is 13.6. The third-order valence-electron chi connectivity index (χ3n) is 4.87. The van der Waals surface area contributed by atoms with Gasteiger partial charge in [0, 0.05) is 11.7 Å². The summed E-state index contributed by atoms with van der Waals surface area (Å²) in [5, 5.41) is 0. The number of benzene rings is 2. The summed E-state index contributed by atoms with van der Waals surface area (Å²) < 4.78 is 25.9. The summed E-state index contributed by atoms with van der Waals surface area (Å²) in [6.07, 6.45) is 1.53. The minimum Gasteiger partial charge on any atom is -0.484 e. The Kier molecular flexibility index (Phi) is 5.22. The van der Waals surface area contributed by atoms with Gasteiger partial charge in [0.2, 0.25) is 0 Å². The Balaban J connectivity index is 1.52. The van der Waals surface area contributed by atoms with E-state index in [4.69, 9.17) is 9.15 Å². The number of hydrogen-bond acceptors (Lipinski definition) is 3. The molecule has 0 radical (unpaired) electrons. The molecule has 144 valence electrons. The minimum atomic E-state index is -0.287. The van der Waals surface area contributed by atoms with E-state index < -0.39 is 0 Å². The van der Waals surface area contributed by atoms with Crippen molar-refractivity contribution in [3.8, 4) is 5.75 Å². The molecule has 0 N–H and O–H groups in total. The average molecular weight is 444 g/mol. The number of furan rings is 1. The highest BCUT2D eigenvalue weighted by Gasteiger charge is 2.30. The van der Waals surface area contributed by atoms with Crippen LogP contribution in [0, 0.1) is 5.82 Å². The smallest absolute Gasteiger partial charge is 0.294 e. The lowest BCUT2D eigenvalue weighted by Gasteiger charge is -2.34. The molecule has 0 spiro atoms. The normalized spacial score (nSPS) is 16.0. The van der Waals surface area contributed by atoms with Crippen LogP contribution in [0.3, 0.4) is 0 Å². The van der Waals surface area contributed by atoms with Crippen molar-refractivity contribution in [1.29, 1.82) is 0 Å². The molecule has 4 nitrogen and oxygen atoms in total. The first kappa shape index (κ1) is 18.7. The van der Waals surface area contributed by atoms with Crippen molar-refractivity contribution in [2.24, 2.45) is 0 Å². The second kappa shape index (κ2) is 7.80. The molecule has 2 heterocycles. The quantitative estimate of drug-likeness (QED) is 0.515. The number of carbonyl (C=O) groups is 1. The maximum Gasteiger partial charge on any atom is 0.294 e. The Labute approximate surface area is 171 Å². The van der Waals surface area contributed by atoms with Gasteiger partial charge in [-0.25, -0.2) is 4.39 Å². The number of anilines is 1. The van der Waals surface area contributed by atoms with E-state index in [-0.39, 0.29) is 30.1 Å². The number of rotatable bonds is 4. The van der Waals surface area contributed by atoms with Gasteiger partial charge < -0.3 is 14.1 Å². The Bertz CT molecular complexity index is 1020. The zero-order valence-electron chi connectivity index (χ0n) is 15.3. The number of nitrogens with zero attached hydrogens (tertiary/aromatic N) is 1. The van der Waals surface area contributed by atoms with E-state index in [9.17, 15) is 9.18 Å². The summed E-state index contributed by atoms with van der Waals surface area (Å²) in [7, 11) is 0. The maximum atomic E-state index is 13.6. The van der Waals surface area contributed by atoms with Gasteiger partial charge >= 0.3 is 0 Å². The predicted molar refractivity (Wildman–Crippen MR) is 108 cm³/mol. The summed E-state index contributed by atoms with van der Waals surface area (Å²) >= 11 is 3.43. The van der Waals surface area contributed by atoms with Crippen LogP contribution >= 0.6 is 15.9 Å². The third-order valence-corrected chi connectivity index (χ3v) is 5.53. The molecule has 3 aromatic rings. The number of amides is 1. The second-order valence-electron chi connectivity index (χ2n) is 6.82. The van der Waals surface area contributed by atoms with Gasteiger partial charge in [0.25, 0.3) is 5.91 Å². The molecule has 6 heteroatoms. The molecule has 1 amide bonds. The van der Waals surface area contributed by atoms with E-state index in [2.05, 4.69) is 15.9 Å². The first-order valence-electron chi connectivity index (χ1n) is 9.11. The number of ether oxygens (including phenoxy) is 1. The second-order valence-corrected chi connectivity index (χ2v) is 7.68. The Morgan fingerprint density at radius 3 is 2.89 bits per heavy atom. The minimum absolute atomic E-state index is 0.00975. The van der Waals surface area contributed by atoms with Crippen LogP contribution in [0.1, 0.15) is 35.2 Å². The fourth-order valence-electron chi connectivity index (χ4n) is 3.43. The monoisotopic (exact) mass is 443 g/mol. The number of halogens is 2. The van der Waals surface area contributed by atoms with Crippen molar-refractivity contribution in [3.63, 3.8) is 0 Å². The highest BCUT2D eigenvalue weighted by molar-refractivity contribution is 9.10. The van der Waals surface area contributed by atoms with Gasteiger partial charge in [-0.05, 0) is 83.7 Å². The zero-order chi connectivity index (χ0) is 19.7. The molecule has 0 aliphatic carbocycles. The fourth-order valence-corrected chi connectivity index (χ4v) is 3.83.